The van der Waals surface area contributed by atoms with Crippen LogP contribution < -0.4 is 10.9 Å². The third-order valence-corrected chi connectivity index (χ3v) is 3.51. The fourth-order valence-corrected chi connectivity index (χ4v) is 2.62. The molecular formula is C14H21F2N3O. The Kier molecular flexibility index (Phi) is 4.13. The number of aromatic nitrogens is 1. The van der Waals surface area contributed by atoms with E-state index >= 15 is 0 Å². The van der Waals surface area contributed by atoms with Crippen LogP contribution in [0.2, 0.25) is 0 Å². The first-order valence-electron chi connectivity index (χ1n) is 6.85. The molecule has 1 atom stereocenters. The van der Waals surface area contributed by atoms with Gasteiger partial charge in [0, 0.05) is 18.8 Å². The van der Waals surface area contributed by atoms with Crippen LogP contribution in [-0.4, -0.2) is 41.6 Å². The Morgan fingerprint density at radius 2 is 2.15 bits per heavy atom. The lowest BCUT2D eigenvalue weighted by molar-refractivity contribution is -0.0988. The summed E-state index contributed by atoms with van der Waals surface area (Å²) < 4.78 is 29.5. The molecule has 0 unspecified atom stereocenters. The van der Waals surface area contributed by atoms with Crippen LogP contribution in [0.25, 0.3) is 0 Å². The van der Waals surface area contributed by atoms with E-state index in [1.165, 1.54) is 10.8 Å². The van der Waals surface area contributed by atoms with Gasteiger partial charge in [0.1, 0.15) is 11.7 Å². The van der Waals surface area contributed by atoms with Crippen molar-refractivity contribution < 1.29 is 8.78 Å². The van der Waals surface area contributed by atoms with Crippen LogP contribution in [0.15, 0.2) is 23.1 Å². The van der Waals surface area contributed by atoms with Gasteiger partial charge in [-0.25, -0.2) is 8.78 Å². The lowest BCUT2D eigenvalue weighted by Crippen LogP contribution is -2.49. The zero-order valence-electron chi connectivity index (χ0n) is 12.1. The molecule has 1 aromatic heterocycles. The molecule has 6 heteroatoms. The fraction of sp³-hybridized carbons (Fsp3) is 0.643. The summed E-state index contributed by atoms with van der Waals surface area (Å²) in [7, 11) is 1.67. The van der Waals surface area contributed by atoms with Crippen molar-refractivity contribution in [1.82, 2.24) is 9.47 Å². The van der Waals surface area contributed by atoms with Crippen molar-refractivity contribution in [2.45, 2.75) is 38.3 Å². The number of pyridine rings is 1. The summed E-state index contributed by atoms with van der Waals surface area (Å²) in [6, 6.07) is 2.28. The van der Waals surface area contributed by atoms with E-state index in [0.717, 1.165) is 0 Å². The van der Waals surface area contributed by atoms with Crippen LogP contribution in [0.4, 0.5) is 14.5 Å². The summed E-state index contributed by atoms with van der Waals surface area (Å²) in [6.07, 6.45) is 1.73. The van der Waals surface area contributed by atoms with Gasteiger partial charge < -0.3 is 14.8 Å². The molecule has 0 bridgehead atoms. The third-order valence-electron chi connectivity index (χ3n) is 3.51. The summed E-state index contributed by atoms with van der Waals surface area (Å²) in [5.41, 5.74) is -0.00680. The molecule has 0 amide bonds. The molecule has 1 saturated heterocycles. The van der Waals surface area contributed by atoms with Crippen molar-refractivity contribution in [2.75, 3.05) is 25.5 Å². The molecule has 2 rings (SSSR count). The minimum Gasteiger partial charge on any atom is -0.378 e. The highest BCUT2D eigenvalue weighted by Gasteiger charge is 2.45. The summed E-state index contributed by atoms with van der Waals surface area (Å²) in [5.74, 6) is -2.90. The van der Waals surface area contributed by atoms with E-state index in [4.69, 9.17) is 0 Å². The van der Waals surface area contributed by atoms with E-state index in [0.29, 0.717) is 12.2 Å². The van der Waals surface area contributed by atoms with Gasteiger partial charge in [-0.05, 0) is 39.4 Å². The van der Waals surface area contributed by atoms with E-state index in [1.54, 1.807) is 24.1 Å². The average molecular weight is 285 g/mol. The Bertz CT molecular complexity index is 527. The van der Waals surface area contributed by atoms with Gasteiger partial charge in [0.2, 0.25) is 0 Å². The molecular weight excluding hydrogens is 264 g/mol. The number of nitrogens with zero attached hydrogens (tertiary/aromatic N) is 2. The Labute approximate surface area is 117 Å². The topological polar surface area (TPSA) is 37.3 Å². The Morgan fingerprint density at radius 3 is 2.75 bits per heavy atom. The van der Waals surface area contributed by atoms with Crippen molar-refractivity contribution in [3.05, 3.63) is 28.7 Å². The van der Waals surface area contributed by atoms with Gasteiger partial charge in [0.15, 0.2) is 0 Å². The quantitative estimate of drug-likeness (QED) is 0.925. The molecule has 1 fully saturated rings. The van der Waals surface area contributed by atoms with Crippen molar-refractivity contribution in [2.24, 2.45) is 0 Å². The van der Waals surface area contributed by atoms with Crippen LogP contribution in [0.1, 0.15) is 26.3 Å². The van der Waals surface area contributed by atoms with Crippen molar-refractivity contribution in [3.8, 4) is 0 Å². The molecule has 20 heavy (non-hydrogen) atoms. The van der Waals surface area contributed by atoms with E-state index in [2.05, 4.69) is 5.32 Å². The highest BCUT2D eigenvalue weighted by atomic mass is 19.3. The zero-order chi connectivity index (χ0) is 14.9. The number of piperidine rings is 1. The van der Waals surface area contributed by atoms with Crippen LogP contribution in [-0.2, 0) is 0 Å². The number of hydrogen-bond acceptors (Lipinski definition) is 3. The molecule has 112 valence electrons. The Hall–Kier alpha value is -1.43. The van der Waals surface area contributed by atoms with Crippen molar-refractivity contribution in [3.63, 3.8) is 0 Å². The van der Waals surface area contributed by atoms with Crippen LogP contribution in [0, 0.1) is 0 Å². The molecule has 1 aliphatic heterocycles. The van der Waals surface area contributed by atoms with Gasteiger partial charge in [0.25, 0.3) is 11.5 Å². The fourth-order valence-electron chi connectivity index (χ4n) is 2.62. The minimum absolute atomic E-state index is 0.0801. The molecule has 0 aliphatic carbocycles. The first kappa shape index (κ1) is 15.0. The summed E-state index contributed by atoms with van der Waals surface area (Å²) >= 11 is 0. The number of halogens is 2. The minimum atomic E-state index is -2.90. The number of likely N-dealkylation sites (tertiary alicyclic amines) is 1. The van der Waals surface area contributed by atoms with Crippen molar-refractivity contribution >= 4 is 5.69 Å². The van der Waals surface area contributed by atoms with E-state index in [1.807, 2.05) is 13.8 Å². The SMILES string of the molecule is CC(C)Nc1cccn([C@@H]2CCN(C)CC2(F)F)c1=O. The second-order valence-corrected chi connectivity index (χ2v) is 5.74. The normalized spacial score (nSPS) is 23.0. The summed E-state index contributed by atoms with van der Waals surface area (Å²) in [4.78, 5) is 13.9. The number of alkyl halides is 2. The molecule has 0 spiro atoms. The predicted molar refractivity (Wildman–Crippen MR) is 75.6 cm³/mol. The maximum atomic E-state index is 14.2. The lowest BCUT2D eigenvalue weighted by Gasteiger charge is -2.37. The second-order valence-electron chi connectivity index (χ2n) is 5.74. The van der Waals surface area contributed by atoms with Gasteiger partial charge >= 0.3 is 0 Å². The molecule has 0 radical (unpaired) electrons. The van der Waals surface area contributed by atoms with Crippen LogP contribution in [0.5, 0.6) is 0 Å². The monoisotopic (exact) mass is 285 g/mol. The molecule has 2 heterocycles. The number of rotatable bonds is 3. The first-order valence-corrected chi connectivity index (χ1v) is 6.85. The summed E-state index contributed by atoms with van der Waals surface area (Å²) in [5, 5.41) is 3.00. The number of nitrogens with one attached hydrogen (secondary N) is 1. The Morgan fingerprint density at radius 1 is 1.45 bits per heavy atom. The molecule has 1 aromatic rings. The number of anilines is 1. The van der Waals surface area contributed by atoms with E-state index in [9.17, 15) is 13.6 Å². The standard InChI is InChI=1S/C14H21F2N3O/c1-10(2)17-11-5-4-7-19(13(11)20)12-6-8-18(3)9-14(12,15)16/h4-5,7,10,12,17H,6,8-9H2,1-3H3/t12-/m1/s1. The summed E-state index contributed by atoms with van der Waals surface area (Å²) in [6.45, 7) is 4.06. The van der Waals surface area contributed by atoms with Gasteiger partial charge in [-0.3, -0.25) is 4.79 Å². The number of hydrogen-bond donors (Lipinski definition) is 1. The third kappa shape index (κ3) is 3.00. The molecule has 1 N–H and O–H groups in total. The van der Waals surface area contributed by atoms with Gasteiger partial charge in [-0.2, -0.15) is 0 Å². The van der Waals surface area contributed by atoms with Crippen LogP contribution >= 0.6 is 0 Å². The van der Waals surface area contributed by atoms with Gasteiger partial charge in [-0.1, -0.05) is 0 Å². The maximum Gasteiger partial charge on any atom is 0.280 e. The second kappa shape index (κ2) is 5.52. The van der Waals surface area contributed by atoms with E-state index in [-0.39, 0.29) is 24.6 Å². The zero-order valence-corrected chi connectivity index (χ0v) is 12.1. The van der Waals surface area contributed by atoms with Crippen LogP contribution in [0.3, 0.4) is 0 Å². The molecule has 1 aliphatic rings. The molecule has 0 aromatic carbocycles. The maximum absolute atomic E-state index is 14.2. The highest BCUT2D eigenvalue weighted by molar-refractivity contribution is 5.41. The predicted octanol–water partition coefficient (Wildman–Crippen LogP) is 2.18. The van der Waals surface area contributed by atoms with Crippen molar-refractivity contribution in [1.29, 1.82) is 0 Å². The van der Waals surface area contributed by atoms with Gasteiger partial charge in [0.05, 0.1) is 6.54 Å². The highest BCUT2D eigenvalue weighted by Crippen LogP contribution is 2.35. The average Bonchev–Trinajstić information content (AvgIpc) is 2.31. The molecule has 0 saturated carbocycles. The van der Waals surface area contributed by atoms with Gasteiger partial charge in [-0.15, -0.1) is 0 Å². The Balaban J connectivity index is 2.35. The molecule has 4 nitrogen and oxygen atoms in total. The smallest absolute Gasteiger partial charge is 0.280 e. The lowest BCUT2D eigenvalue weighted by atomic mass is 10.0. The first-order chi connectivity index (χ1) is 9.31. The van der Waals surface area contributed by atoms with E-state index < -0.39 is 12.0 Å². The largest absolute Gasteiger partial charge is 0.378 e.